The van der Waals surface area contributed by atoms with E-state index in [0.29, 0.717) is 0 Å². The SMILES string of the molecule is C=CCNC(=O)C1N(C(=O)c2cc([N+](=O)[O-])ccc2F)C(C)(C)SC1(C)C. The molecule has 1 aromatic carbocycles. The summed E-state index contributed by atoms with van der Waals surface area (Å²) in [6.45, 7) is 10.9. The van der Waals surface area contributed by atoms with Gasteiger partial charge < -0.3 is 10.2 Å². The number of nitro benzene ring substituents is 1. The van der Waals surface area contributed by atoms with Gasteiger partial charge in [-0.1, -0.05) is 6.08 Å². The maximum atomic E-state index is 14.3. The Morgan fingerprint density at radius 3 is 2.59 bits per heavy atom. The molecule has 1 heterocycles. The first-order valence-electron chi connectivity index (χ1n) is 8.29. The Labute approximate surface area is 161 Å². The number of rotatable bonds is 5. The summed E-state index contributed by atoms with van der Waals surface area (Å²) in [5, 5.41) is 13.7. The van der Waals surface area contributed by atoms with Gasteiger partial charge >= 0.3 is 0 Å². The molecule has 1 aliphatic rings. The normalized spacial score (nSPS) is 20.2. The molecule has 1 aliphatic heterocycles. The first kappa shape index (κ1) is 20.9. The van der Waals surface area contributed by atoms with Crippen LogP contribution in [0.4, 0.5) is 10.1 Å². The van der Waals surface area contributed by atoms with Gasteiger partial charge in [0.1, 0.15) is 11.9 Å². The van der Waals surface area contributed by atoms with Crippen LogP contribution in [0.1, 0.15) is 38.1 Å². The van der Waals surface area contributed by atoms with E-state index in [1.165, 1.54) is 22.7 Å². The molecule has 2 rings (SSSR count). The van der Waals surface area contributed by atoms with Crippen LogP contribution in [-0.2, 0) is 4.79 Å². The van der Waals surface area contributed by atoms with Gasteiger partial charge in [0.2, 0.25) is 5.91 Å². The number of thioether (sulfide) groups is 1. The fourth-order valence-electron chi connectivity index (χ4n) is 3.36. The van der Waals surface area contributed by atoms with Crippen LogP contribution in [0, 0.1) is 15.9 Å². The van der Waals surface area contributed by atoms with Gasteiger partial charge in [0.15, 0.2) is 0 Å². The number of nitrogens with zero attached hydrogens (tertiary/aromatic N) is 2. The number of amides is 2. The van der Waals surface area contributed by atoms with Crippen LogP contribution in [0.5, 0.6) is 0 Å². The van der Waals surface area contributed by atoms with Gasteiger partial charge in [-0.25, -0.2) is 4.39 Å². The van der Waals surface area contributed by atoms with E-state index < -0.39 is 49.5 Å². The quantitative estimate of drug-likeness (QED) is 0.470. The van der Waals surface area contributed by atoms with Crippen LogP contribution < -0.4 is 5.32 Å². The van der Waals surface area contributed by atoms with Crippen molar-refractivity contribution in [2.45, 2.75) is 43.4 Å². The molecule has 7 nitrogen and oxygen atoms in total. The number of nitro groups is 1. The summed E-state index contributed by atoms with van der Waals surface area (Å²) >= 11 is 1.40. The van der Waals surface area contributed by atoms with Crippen molar-refractivity contribution in [1.82, 2.24) is 10.2 Å². The molecule has 2 amide bonds. The molecule has 0 saturated carbocycles. The lowest BCUT2D eigenvalue weighted by Gasteiger charge is -2.35. The van der Waals surface area contributed by atoms with Crippen LogP contribution >= 0.6 is 11.8 Å². The number of nitrogens with one attached hydrogen (secondary N) is 1. The van der Waals surface area contributed by atoms with Crippen molar-refractivity contribution in [3.8, 4) is 0 Å². The van der Waals surface area contributed by atoms with E-state index in [2.05, 4.69) is 11.9 Å². The van der Waals surface area contributed by atoms with Crippen molar-refractivity contribution in [2.24, 2.45) is 0 Å². The van der Waals surface area contributed by atoms with Gasteiger partial charge in [0.05, 0.1) is 15.4 Å². The summed E-state index contributed by atoms with van der Waals surface area (Å²) in [6, 6.07) is 1.90. The van der Waals surface area contributed by atoms with Gasteiger partial charge in [-0.2, -0.15) is 0 Å². The highest BCUT2D eigenvalue weighted by atomic mass is 32.2. The first-order valence-corrected chi connectivity index (χ1v) is 9.10. The predicted octanol–water partition coefficient (Wildman–Crippen LogP) is 3.11. The molecule has 1 atom stereocenters. The molecule has 27 heavy (non-hydrogen) atoms. The molecule has 1 saturated heterocycles. The minimum Gasteiger partial charge on any atom is -0.351 e. The Kier molecular flexibility index (Phi) is 5.65. The van der Waals surface area contributed by atoms with Crippen LogP contribution in [0.25, 0.3) is 0 Å². The van der Waals surface area contributed by atoms with E-state index in [1.54, 1.807) is 13.8 Å². The Morgan fingerprint density at radius 2 is 2.04 bits per heavy atom. The summed E-state index contributed by atoms with van der Waals surface area (Å²) in [7, 11) is 0. The molecule has 146 valence electrons. The van der Waals surface area contributed by atoms with E-state index in [-0.39, 0.29) is 6.54 Å². The highest BCUT2D eigenvalue weighted by molar-refractivity contribution is 8.02. The van der Waals surface area contributed by atoms with E-state index in [1.807, 2.05) is 13.8 Å². The topological polar surface area (TPSA) is 92.6 Å². The summed E-state index contributed by atoms with van der Waals surface area (Å²) < 4.78 is 13.7. The molecule has 1 N–H and O–H groups in total. The molecule has 0 spiro atoms. The molecule has 1 aromatic rings. The zero-order valence-corrected chi connectivity index (χ0v) is 16.4. The number of halogens is 1. The molecule has 0 aromatic heterocycles. The summed E-state index contributed by atoms with van der Waals surface area (Å²) in [5.74, 6) is -2.03. The maximum Gasteiger partial charge on any atom is 0.270 e. The Morgan fingerprint density at radius 1 is 1.41 bits per heavy atom. The Hall–Kier alpha value is -2.42. The van der Waals surface area contributed by atoms with Gasteiger partial charge in [-0.15, -0.1) is 18.3 Å². The molecule has 9 heteroatoms. The summed E-state index contributed by atoms with van der Waals surface area (Å²) in [5.41, 5.74) is -0.826. The van der Waals surface area contributed by atoms with Crippen LogP contribution in [0.2, 0.25) is 0 Å². The van der Waals surface area contributed by atoms with Crippen molar-refractivity contribution >= 4 is 29.3 Å². The fraction of sp³-hybridized carbons (Fsp3) is 0.444. The van der Waals surface area contributed by atoms with Crippen molar-refractivity contribution in [3.05, 3.63) is 52.3 Å². The van der Waals surface area contributed by atoms with Crippen molar-refractivity contribution in [3.63, 3.8) is 0 Å². The van der Waals surface area contributed by atoms with Gasteiger partial charge in [-0.05, 0) is 33.8 Å². The van der Waals surface area contributed by atoms with E-state index in [0.717, 1.165) is 18.2 Å². The fourth-order valence-corrected chi connectivity index (χ4v) is 5.25. The molecule has 0 bridgehead atoms. The standard InChI is InChI=1S/C18H22FN3O4S/c1-6-9-20-15(23)14-17(2,3)27-18(4,5)21(14)16(24)12-10-11(22(25)26)7-8-13(12)19/h6-8,10,14H,1,9H2,2-5H3,(H,20,23). The lowest BCUT2D eigenvalue weighted by atomic mass is 9.98. The molecule has 0 radical (unpaired) electrons. The average Bonchev–Trinajstić information content (AvgIpc) is 2.75. The molecule has 1 fully saturated rings. The van der Waals surface area contributed by atoms with Crippen molar-refractivity contribution in [2.75, 3.05) is 6.54 Å². The number of benzene rings is 1. The number of hydrogen-bond acceptors (Lipinski definition) is 5. The van der Waals surface area contributed by atoms with Gasteiger partial charge in [0.25, 0.3) is 11.6 Å². The molecular formula is C18H22FN3O4S. The second kappa shape index (κ2) is 7.30. The number of carbonyl (C=O) groups excluding carboxylic acids is 2. The highest BCUT2D eigenvalue weighted by Gasteiger charge is 2.57. The van der Waals surface area contributed by atoms with Crippen LogP contribution in [0.3, 0.4) is 0 Å². The van der Waals surface area contributed by atoms with Crippen LogP contribution in [0.15, 0.2) is 30.9 Å². The average molecular weight is 395 g/mol. The smallest absolute Gasteiger partial charge is 0.270 e. The third kappa shape index (κ3) is 3.97. The molecule has 0 aliphatic carbocycles. The molecule has 1 unspecified atom stereocenters. The Bertz CT molecular complexity index is 810. The Balaban J connectivity index is 2.53. The molecular weight excluding hydrogens is 373 g/mol. The second-order valence-electron chi connectivity index (χ2n) is 7.19. The van der Waals surface area contributed by atoms with E-state index in [9.17, 15) is 24.1 Å². The lowest BCUT2D eigenvalue weighted by Crippen LogP contribution is -2.56. The predicted molar refractivity (Wildman–Crippen MR) is 102 cm³/mol. The summed E-state index contributed by atoms with van der Waals surface area (Å²) in [6.07, 6.45) is 1.52. The minimum absolute atomic E-state index is 0.226. The third-order valence-corrected chi connectivity index (χ3v) is 5.73. The lowest BCUT2D eigenvalue weighted by molar-refractivity contribution is -0.384. The van der Waals surface area contributed by atoms with Gasteiger partial charge in [0, 0.05) is 23.4 Å². The van der Waals surface area contributed by atoms with E-state index >= 15 is 0 Å². The maximum absolute atomic E-state index is 14.3. The number of non-ortho nitro benzene ring substituents is 1. The number of hydrogen-bond donors (Lipinski definition) is 1. The monoisotopic (exact) mass is 395 g/mol. The van der Waals surface area contributed by atoms with Crippen molar-refractivity contribution in [1.29, 1.82) is 0 Å². The second-order valence-corrected chi connectivity index (χ2v) is 9.44. The zero-order valence-electron chi connectivity index (χ0n) is 15.6. The highest BCUT2D eigenvalue weighted by Crippen LogP contribution is 2.51. The first-order chi connectivity index (χ1) is 12.4. The largest absolute Gasteiger partial charge is 0.351 e. The van der Waals surface area contributed by atoms with Gasteiger partial charge in [-0.3, -0.25) is 19.7 Å². The minimum atomic E-state index is -0.886. The van der Waals surface area contributed by atoms with Crippen molar-refractivity contribution < 1.29 is 18.9 Å². The summed E-state index contributed by atoms with van der Waals surface area (Å²) in [4.78, 5) is 36.7. The third-order valence-electron chi connectivity index (χ3n) is 4.29. The zero-order chi connectivity index (χ0) is 20.6. The van der Waals surface area contributed by atoms with E-state index in [4.69, 9.17) is 0 Å². The number of carbonyl (C=O) groups is 2. The van der Waals surface area contributed by atoms with Crippen LogP contribution in [-0.4, -0.2) is 43.8 Å².